The van der Waals surface area contributed by atoms with Crippen LogP contribution in [0.2, 0.25) is 0 Å². The number of carbonyl (C=O) groups is 4. The summed E-state index contributed by atoms with van der Waals surface area (Å²) in [5.41, 5.74) is 0.254. The highest BCUT2D eigenvalue weighted by atomic mass is 79.9. The first kappa shape index (κ1) is 36.5. The highest BCUT2D eigenvalue weighted by molar-refractivity contribution is 9.09. The van der Waals surface area contributed by atoms with Crippen molar-refractivity contribution in [2.75, 3.05) is 19.7 Å². The monoisotopic (exact) mass is 735 g/mol. The average Bonchev–Trinajstić information content (AvgIpc) is 3.69. The fourth-order valence-electron chi connectivity index (χ4n) is 7.60. The van der Waals surface area contributed by atoms with Gasteiger partial charge in [0.15, 0.2) is 0 Å². The average molecular weight is 737 g/mol. The lowest BCUT2D eigenvalue weighted by atomic mass is 9.70. The molecule has 3 heterocycles. The van der Waals surface area contributed by atoms with E-state index in [4.69, 9.17) is 9.47 Å². The minimum atomic E-state index is -1.34. The molecule has 3 aliphatic rings. The van der Waals surface area contributed by atoms with Crippen LogP contribution in [0.4, 0.5) is 0 Å². The van der Waals surface area contributed by atoms with Crippen molar-refractivity contribution < 1.29 is 33.8 Å². The molecule has 3 fully saturated rings. The molecule has 5 rings (SSSR count). The minimum Gasteiger partial charge on any atom is -0.455 e. The maximum Gasteiger partial charge on any atom is 0.313 e. The Bertz CT molecular complexity index is 1520. The van der Waals surface area contributed by atoms with Crippen LogP contribution in [0.15, 0.2) is 86.0 Å². The molecule has 10 nitrogen and oxygen atoms in total. The minimum absolute atomic E-state index is 0.0364. The number of esters is 1. The summed E-state index contributed by atoms with van der Waals surface area (Å²) in [6, 6.07) is 16.9. The van der Waals surface area contributed by atoms with Crippen molar-refractivity contribution in [2.45, 2.75) is 74.4 Å². The van der Waals surface area contributed by atoms with Crippen LogP contribution in [0.3, 0.4) is 0 Å². The summed E-state index contributed by atoms with van der Waals surface area (Å²) in [6.45, 7) is 11.5. The van der Waals surface area contributed by atoms with Gasteiger partial charge in [-0.15, -0.1) is 13.2 Å². The molecule has 49 heavy (non-hydrogen) atoms. The first-order valence-electron chi connectivity index (χ1n) is 16.9. The van der Waals surface area contributed by atoms with Crippen LogP contribution in [-0.2, 0) is 35.2 Å². The summed E-state index contributed by atoms with van der Waals surface area (Å²) >= 11 is 3.72. The number of aliphatic hydroxyl groups is 1. The summed E-state index contributed by atoms with van der Waals surface area (Å²) in [5.74, 6) is -3.83. The third-order valence-electron chi connectivity index (χ3n) is 9.91. The largest absolute Gasteiger partial charge is 0.455 e. The van der Waals surface area contributed by atoms with Crippen molar-refractivity contribution in [1.29, 1.82) is 0 Å². The Hall–Kier alpha value is -3.80. The molecular formula is C38H46BrN3O7. The third kappa shape index (κ3) is 7.25. The second-order valence-corrected chi connectivity index (χ2v) is 14.5. The fourth-order valence-corrected chi connectivity index (χ4v) is 8.54. The van der Waals surface area contributed by atoms with E-state index in [-0.39, 0.29) is 55.2 Å². The van der Waals surface area contributed by atoms with Gasteiger partial charge in [0.25, 0.3) is 0 Å². The number of halogens is 1. The number of likely N-dealkylation sites (tertiary alicyclic amines) is 1. The van der Waals surface area contributed by atoms with E-state index in [1.165, 1.54) is 4.90 Å². The van der Waals surface area contributed by atoms with Crippen molar-refractivity contribution in [2.24, 2.45) is 17.8 Å². The number of nitrogens with zero attached hydrogens (tertiary/aromatic N) is 2. The van der Waals surface area contributed by atoms with Gasteiger partial charge in [-0.3, -0.25) is 19.2 Å². The number of amides is 3. The van der Waals surface area contributed by atoms with Gasteiger partial charge in [-0.25, -0.2) is 0 Å². The molecule has 2 aromatic rings. The summed E-state index contributed by atoms with van der Waals surface area (Å²) in [7, 11) is 0. The molecule has 2 aromatic carbocycles. The van der Waals surface area contributed by atoms with Crippen molar-refractivity contribution in [3.63, 3.8) is 0 Å². The third-order valence-corrected chi connectivity index (χ3v) is 10.8. The lowest BCUT2D eigenvalue weighted by molar-refractivity contribution is -0.161. The first-order chi connectivity index (χ1) is 23.6. The van der Waals surface area contributed by atoms with Gasteiger partial charge in [0.2, 0.25) is 17.7 Å². The van der Waals surface area contributed by atoms with Crippen LogP contribution in [0.5, 0.6) is 0 Å². The molecule has 2 bridgehead atoms. The van der Waals surface area contributed by atoms with Gasteiger partial charge >= 0.3 is 5.97 Å². The Labute approximate surface area is 296 Å². The smallest absolute Gasteiger partial charge is 0.313 e. The second-order valence-electron chi connectivity index (χ2n) is 13.4. The van der Waals surface area contributed by atoms with E-state index in [1.807, 2.05) is 74.5 Å². The molecule has 262 valence electrons. The molecule has 11 heteroatoms. The number of fused-ring (bicyclic) bond motifs is 1. The normalized spacial score (nSPS) is 26.6. The van der Waals surface area contributed by atoms with Gasteiger partial charge in [0, 0.05) is 24.3 Å². The van der Waals surface area contributed by atoms with Gasteiger partial charge < -0.3 is 29.7 Å². The number of nitrogens with one attached hydrogen (secondary N) is 1. The number of hydrogen-bond acceptors (Lipinski definition) is 7. The lowest BCUT2D eigenvalue weighted by Gasteiger charge is -2.40. The zero-order valence-corrected chi connectivity index (χ0v) is 29.7. The zero-order valence-electron chi connectivity index (χ0n) is 28.1. The van der Waals surface area contributed by atoms with Crippen LogP contribution in [-0.4, -0.2) is 86.9 Å². The molecule has 1 unspecified atom stereocenters. The number of alkyl halides is 1. The molecule has 0 saturated carbocycles. The predicted octanol–water partition coefficient (Wildman–Crippen LogP) is 4.33. The predicted molar refractivity (Wildman–Crippen MR) is 188 cm³/mol. The van der Waals surface area contributed by atoms with Gasteiger partial charge in [-0.2, -0.15) is 0 Å². The Balaban J connectivity index is 1.50. The fraction of sp³-hybridized carbons (Fsp3) is 0.474. The number of rotatable bonds is 16. The molecule has 0 aromatic heterocycles. The summed E-state index contributed by atoms with van der Waals surface area (Å²) in [4.78, 5) is 59.0. The lowest BCUT2D eigenvalue weighted by Crippen LogP contribution is -2.59. The standard InChI is InChI=1S/C38H46BrN3O7/c1-5-7-18-30(44)40-21-29(26-16-12-9-13-17-26)48-37(47)31-32-35(45)42(28(23-43)24(3)4)34(38(32)20-27(39)33(31)49-38)36(46)41(19-6-2)22-25-14-10-8-11-15-25/h5-6,8-17,24,27-29,31-34,43H,1-2,7,18-23H2,3-4H3,(H,40,44)/t27?,28-,29+,31-,32+,33-,34-,38+/m0/s1. The van der Waals surface area contributed by atoms with Crippen molar-refractivity contribution in [3.05, 3.63) is 97.1 Å². The molecule has 8 atom stereocenters. The second kappa shape index (κ2) is 15.8. The van der Waals surface area contributed by atoms with E-state index in [0.717, 1.165) is 5.56 Å². The maximum absolute atomic E-state index is 14.8. The van der Waals surface area contributed by atoms with Gasteiger partial charge in [-0.1, -0.05) is 103 Å². The van der Waals surface area contributed by atoms with E-state index in [2.05, 4.69) is 34.4 Å². The summed E-state index contributed by atoms with van der Waals surface area (Å²) < 4.78 is 12.9. The van der Waals surface area contributed by atoms with Crippen molar-refractivity contribution in [3.8, 4) is 0 Å². The topological polar surface area (TPSA) is 125 Å². The molecule has 3 saturated heterocycles. The number of benzene rings is 2. The number of allylic oxidation sites excluding steroid dienone is 1. The van der Waals surface area contributed by atoms with Crippen LogP contribution in [0.25, 0.3) is 0 Å². The van der Waals surface area contributed by atoms with Crippen LogP contribution < -0.4 is 5.32 Å². The molecular weight excluding hydrogens is 690 g/mol. The van der Waals surface area contributed by atoms with Crippen LogP contribution in [0.1, 0.15) is 50.3 Å². The number of carbonyl (C=O) groups excluding carboxylic acids is 4. The van der Waals surface area contributed by atoms with Crippen molar-refractivity contribution in [1.82, 2.24) is 15.1 Å². The van der Waals surface area contributed by atoms with E-state index in [9.17, 15) is 24.3 Å². The quantitative estimate of drug-likeness (QED) is 0.149. The highest BCUT2D eigenvalue weighted by Gasteiger charge is 2.77. The number of ether oxygens (including phenoxy) is 2. The molecule has 0 aliphatic carbocycles. The van der Waals surface area contributed by atoms with E-state index in [1.54, 1.807) is 17.1 Å². The van der Waals surface area contributed by atoms with Crippen LogP contribution >= 0.6 is 15.9 Å². The van der Waals surface area contributed by atoms with E-state index in [0.29, 0.717) is 18.4 Å². The Morgan fingerprint density at radius 2 is 1.80 bits per heavy atom. The van der Waals surface area contributed by atoms with E-state index >= 15 is 0 Å². The molecule has 1 spiro atoms. The summed E-state index contributed by atoms with van der Waals surface area (Å²) in [5, 5.41) is 13.4. The molecule has 0 radical (unpaired) electrons. The van der Waals surface area contributed by atoms with Gasteiger partial charge in [-0.05, 0) is 29.9 Å². The summed E-state index contributed by atoms with van der Waals surface area (Å²) in [6.07, 6.45) is 2.82. The zero-order chi connectivity index (χ0) is 35.3. The van der Waals surface area contributed by atoms with Crippen molar-refractivity contribution >= 4 is 39.6 Å². The molecule has 3 aliphatic heterocycles. The Kier molecular flexibility index (Phi) is 11.8. The SMILES string of the molecule is C=CCCC(=O)NC[C@@H](OC(=O)[C@@H]1[C@H]2O[C@@]3(CC2Br)[C@H](C(=O)N(CC=C)Cc2ccccc2)N([C@@H](CO)C(C)C)C(=O)[C@@H]13)c1ccccc1. The Morgan fingerprint density at radius 1 is 1.12 bits per heavy atom. The Morgan fingerprint density at radius 3 is 2.41 bits per heavy atom. The van der Waals surface area contributed by atoms with Gasteiger partial charge in [0.1, 0.15) is 17.7 Å². The first-order valence-corrected chi connectivity index (χ1v) is 17.8. The maximum atomic E-state index is 14.8. The van der Waals surface area contributed by atoms with E-state index < -0.39 is 53.6 Å². The van der Waals surface area contributed by atoms with Crippen LogP contribution in [0, 0.1) is 17.8 Å². The molecule has 3 amide bonds. The number of hydrogen-bond donors (Lipinski definition) is 2. The van der Waals surface area contributed by atoms with Gasteiger partial charge in [0.05, 0.1) is 37.1 Å². The number of aliphatic hydroxyl groups excluding tert-OH is 1. The molecule has 2 N–H and O–H groups in total. The highest BCUT2D eigenvalue weighted by Crippen LogP contribution is 2.61.